The lowest BCUT2D eigenvalue weighted by molar-refractivity contribution is -0.185. The molecule has 29 heavy (non-hydrogen) atoms. The van der Waals surface area contributed by atoms with Gasteiger partial charge < -0.3 is 46.1 Å². The molecule has 13 nitrogen and oxygen atoms in total. The lowest BCUT2D eigenvalue weighted by Gasteiger charge is -2.43. The normalized spacial score (nSPS) is 35.0. The minimum Gasteiger partial charge on any atom is -0.394 e. The number of ether oxygens (including phenoxy) is 1. The monoisotopic (exact) mass is 409 g/mol. The van der Waals surface area contributed by atoms with Crippen LogP contribution in [0.5, 0.6) is 0 Å². The highest BCUT2D eigenvalue weighted by Gasteiger charge is 2.46. The summed E-state index contributed by atoms with van der Waals surface area (Å²) in [5, 5.41) is 49.0. The van der Waals surface area contributed by atoms with E-state index in [1.807, 2.05) is 0 Å². The summed E-state index contributed by atoms with van der Waals surface area (Å²) in [6.07, 6.45) is -2.72. The van der Waals surface area contributed by atoms with Crippen molar-refractivity contribution < 1.29 is 30.0 Å². The fraction of sp³-hybridized carbons (Fsp3) is 0.625. The van der Waals surface area contributed by atoms with E-state index in [9.17, 15) is 25.2 Å². The Morgan fingerprint density at radius 2 is 2.07 bits per heavy atom. The van der Waals surface area contributed by atoms with E-state index in [0.29, 0.717) is 29.9 Å². The molecule has 2 fully saturated rings. The van der Waals surface area contributed by atoms with Gasteiger partial charge in [0.05, 0.1) is 25.1 Å². The Kier molecular flexibility index (Phi) is 5.58. The van der Waals surface area contributed by atoms with Crippen molar-refractivity contribution in [3.8, 4) is 0 Å². The average Bonchev–Trinajstić information content (AvgIpc) is 3.36. The molecule has 4 heterocycles. The molecular formula is C16H23N7O6. The number of carbonyl (C=O) groups is 1. The topological polar surface area (TPSA) is 198 Å². The van der Waals surface area contributed by atoms with Crippen molar-refractivity contribution in [3.63, 3.8) is 0 Å². The number of H-pyrrole nitrogens is 1. The number of aliphatic hydroxyl groups excluding tert-OH is 4. The number of anilines is 1. The van der Waals surface area contributed by atoms with Crippen molar-refractivity contribution in [3.05, 3.63) is 12.7 Å². The standard InChI is InChI=1S/C16H23N7O6/c24-3-7-9(22-15(28)8-6(25)1-2-17-8)11(26)12(27)16(29-7)23-14-10-13(19-4-18-10)20-5-21-14/h4-9,11-12,16-17,24-27H,1-3H2,(H,22,28)(H2,18,19,20,21,23)/t6-,7+,8+,9+,11-,12+,16+/m1/s1. The SMILES string of the molecule is O=C(N[C@@H]1[C@@H](O)[C@H](O)[C@@H](Nc2ncnc3nc[nH]c23)O[C@H]1CO)[C@H]1NCC[C@H]1O. The largest absolute Gasteiger partial charge is 0.394 e. The number of hydrogen-bond donors (Lipinski definition) is 8. The summed E-state index contributed by atoms with van der Waals surface area (Å²) in [5.74, 6) is -0.254. The van der Waals surface area contributed by atoms with Crippen LogP contribution in [0.4, 0.5) is 5.82 Å². The Morgan fingerprint density at radius 1 is 1.24 bits per heavy atom. The fourth-order valence-corrected chi connectivity index (χ4v) is 3.64. The zero-order chi connectivity index (χ0) is 20.5. The van der Waals surface area contributed by atoms with Crippen LogP contribution in [0.25, 0.3) is 11.2 Å². The summed E-state index contributed by atoms with van der Waals surface area (Å²) in [6, 6.07) is -1.91. The number of fused-ring (bicyclic) bond motifs is 1. The highest BCUT2D eigenvalue weighted by molar-refractivity contribution is 5.83. The van der Waals surface area contributed by atoms with E-state index in [-0.39, 0.29) is 0 Å². The molecule has 7 atom stereocenters. The summed E-state index contributed by atoms with van der Waals surface area (Å²) in [4.78, 5) is 27.4. The molecule has 0 aliphatic carbocycles. The van der Waals surface area contributed by atoms with Crippen LogP contribution in [-0.2, 0) is 9.53 Å². The summed E-state index contributed by atoms with van der Waals surface area (Å²) < 4.78 is 5.69. The third kappa shape index (κ3) is 3.75. The van der Waals surface area contributed by atoms with Gasteiger partial charge in [0.2, 0.25) is 5.91 Å². The van der Waals surface area contributed by atoms with Crippen LogP contribution >= 0.6 is 0 Å². The Hall–Kier alpha value is -2.42. The average molecular weight is 409 g/mol. The third-order valence-corrected chi connectivity index (χ3v) is 5.21. The van der Waals surface area contributed by atoms with Crippen LogP contribution in [-0.4, -0.2) is 102 Å². The number of carbonyl (C=O) groups excluding carboxylic acids is 1. The highest BCUT2D eigenvalue weighted by Crippen LogP contribution is 2.24. The van der Waals surface area contributed by atoms with Crippen molar-refractivity contribution in [1.29, 1.82) is 0 Å². The molecule has 0 bridgehead atoms. The van der Waals surface area contributed by atoms with Crippen LogP contribution in [0.15, 0.2) is 12.7 Å². The molecular weight excluding hydrogens is 386 g/mol. The molecule has 8 N–H and O–H groups in total. The molecule has 0 unspecified atom stereocenters. The van der Waals surface area contributed by atoms with Crippen molar-refractivity contribution in [2.75, 3.05) is 18.5 Å². The molecule has 13 heteroatoms. The first-order valence-corrected chi connectivity index (χ1v) is 9.24. The maximum absolute atomic E-state index is 12.4. The second-order valence-corrected chi connectivity index (χ2v) is 7.05. The Balaban J connectivity index is 1.48. The Morgan fingerprint density at radius 3 is 2.79 bits per heavy atom. The van der Waals surface area contributed by atoms with Gasteiger partial charge in [-0.2, -0.15) is 0 Å². The van der Waals surface area contributed by atoms with Gasteiger partial charge in [-0.25, -0.2) is 15.0 Å². The maximum atomic E-state index is 12.4. The first kappa shape index (κ1) is 19.9. The summed E-state index contributed by atoms with van der Waals surface area (Å²) in [6.45, 7) is -0.0289. The molecule has 4 rings (SSSR count). The molecule has 2 aliphatic rings. The molecule has 0 radical (unpaired) electrons. The predicted octanol–water partition coefficient (Wildman–Crippen LogP) is -3.59. The summed E-state index contributed by atoms with van der Waals surface area (Å²) in [7, 11) is 0. The zero-order valence-corrected chi connectivity index (χ0v) is 15.3. The van der Waals surface area contributed by atoms with E-state index >= 15 is 0 Å². The molecule has 0 aromatic carbocycles. The third-order valence-electron chi connectivity index (χ3n) is 5.21. The van der Waals surface area contributed by atoms with E-state index in [0.717, 1.165) is 0 Å². The summed E-state index contributed by atoms with van der Waals surface area (Å²) in [5.41, 5.74) is 0.884. The van der Waals surface area contributed by atoms with Gasteiger partial charge in [0.15, 0.2) is 17.7 Å². The first-order chi connectivity index (χ1) is 14.0. The van der Waals surface area contributed by atoms with Crippen LogP contribution in [0, 0.1) is 0 Å². The van der Waals surface area contributed by atoms with Gasteiger partial charge in [0.25, 0.3) is 0 Å². The minimum atomic E-state index is -1.45. The smallest absolute Gasteiger partial charge is 0.240 e. The van der Waals surface area contributed by atoms with Gasteiger partial charge in [0.1, 0.15) is 36.2 Å². The van der Waals surface area contributed by atoms with E-state index in [4.69, 9.17) is 4.74 Å². The van der Waals surface area contributed by atoms with Gasteiger partial charge in [0, 0.05) is 0 Å². The Bertz CT molecular complexity index is 863. The van der Waals surface area contributed by atoms with Gasteiger partial charge in [-0.15, -0.1) is 0 Å². The predicted molar refractivity (Wildman–Crippen MR) is 97.4 cm³/mol. The van der Waals surface area contributed by atoms with Crippen molar-refractivity contribution in [2.24, 2.45) is 0 Å². The molecule has 2 aliphatic heterocycles. The number of amides is 1. The molecule has 2 aromatic heterocycles. The van der Waals surface area contributed by atoms with Crippen LogP contribution in [0.1, 0.15) is 6.42 Å². The molecule has 0 saturated carbocycles. The first-order valence-electron chi connectivity index (χ1n) is 9.24. The van der Waals surface area contributed by atoms with Crippen LogP contribution in [0.2, 0.25) is 0 Å². The molecule has 2 saturated heterocycles. The van der Waals surface area contributed by atoms with E-state index < -0.39 is 55.2 Å². The Labute approximate surface area is 164 Å². The number of hydrogen-bond acceptors (Lipinski definition) is 11. The molecule has 2 aromatic rings. The maximum Gasteiger partial charge on any atom is 0.240 e. The number of nitrogens with one attached hydrogen (secondary N) is 4. The summed E-state index contributed by atoms with van der Waals surface area (Å²) >= 11 is 0. The van der Waals surface area contributed by atoms with E-state index in [1.165, 1.54) is 12.7 Å². The second kappa shape index (κ2) is 8.14. The molecule has 1 amide bonds. The lowest BCUT2D eigenvalue weighted by Crippen LogP contribution is -2.67. The zero-order valence-electron chi connectivity index (χ0n) is 15.3. The van der Waals surface area contributed by atoms with Crippen LogP contribution < -0.4 is 16.0 Å². The molecule has 0 spiro atoms. The number of imidazole rings is 1. The van der Waals surface area contributed by atoms with Crippen LogP contribution in [0.3, 0.4) is 0 Å². The van der Waals surface area contributed by atoms with E-state index in [1.54, 1.807) is 0 Å². The molecule has 158 valence electrons. The van der Waals surface area contributed by atoms with E-state index in [2.05, 4.69) is 35.9 Å². The number of aromatic amines is 1. The van der Waals surface area contributed by atoms with Crippen molar-refractivity contribution in [1.82, 2.24) is 30.6 Å². The van der Waals surface area contributed by atoms with Crippen molar-refractivity contribution >= 4 is 22.9 Å². The lowest BCUT2D eigenvalue weighted by atomic mass is 9.95. The number of nitrogens with zero attached hydrogens (tertiary/aromatic N) is 3. The second-order valence-electron chi connectivity index (χ2n) is 7.05. The number of aliphatic hydroxyl groups is 4. The van der Waals surface area contributed by atoms with Gasteiger partial charge in [-0.3, -0.25) is 4.79 Å². The minimum absolute atomic E-state index is 0.293. The fourth-order valence-electron chi connectivity index (χ4n) is 3.64. The van der Waals surface area contributed by atoms with Crippen molar-refractivity contribution in [2.45, 2.75) is 49.1 Å². The number of aromatic nitrogens is 4. The van der Waals surface area contributed by atoms with Gasteiger partial charge in [-0.05, 0) is 13.0 Å². The quantitative estimate of drug-likeness (QED) is 0.243. The van der Waals surface area contributed by atoms with Gasteiger partial charge in [-0.1, -0.05) is 0 Å². The number of rotatable bonds is 5. The highest BCUT2D eigenvalue weighted by atomic mass is 16.5. The van der Waals surface area contributed by atoms with Gasteiger partial charge >= 0.3 is 0 Å².